The molecule has 4 rings (SSSR count). The summed E-state index contributed by atoms with van der Waals surface area (Å²) in [6.07, 6.45) is 1.68. The van der Waals surface area contributed by atoms with Gasteiger partial charge in [0.05, 0.1) is 12.3 Å². The third kappa shape index (κ3) is 3.60. The third-order valence-electron chi connectivity index (χ3n) is 4.46. The van der Waals surface area contributed by atoms with Crippen LogP contribution in [0.1, 0.15) is 22.4 Å². The summed E-state index contributed by atoms with van der Waals surface area (Å²) in [6, 6.07) is 13.3. The number of para-hydroxylation sites is 1. The van der Waals surface area contributed by atoms with Crippen LogP contribution in [0.2, 0.25) is 0 Å². The van der Waals surface area contributed by atoms with E-state index in [1.807, 2.05) is 48.2 Å². The summed E-state index contributed by atoms with van der Waals surface area (Å²) in [6.45, 7) is 2.49. The minimum Gasteiger partial charge on any atom is -0.468 e. The molecule has 5 nitrogen and oxygen atoms in total. The van der Waals surface area contributed by atoms with Gasteiger partial charge in [-0.15, -0.1) is 0 Å². The summed E-state index contributed by atoms with van der Waals surface area (Å²) in [4.78, 5) is 14.9. The molecule has 2 aromatic heterocycles. The Labute approximate surface area is 150 Å². The molecule has 130 valence electrons. The van der Waals surface area contributed by atoms with Crippen LogP contribution in [-0.2, 0) is 0 Å². The standard InChI is InChI=1S/C19H20N2O3S/c22-19(18-12-14-4-1-2-5-16(14)24-18)20-13-15(17-6-3-9-23-17)21-7-10-25-11-8-21/h1-6,9,12,15H,7-8,10-11,13H2,(H,20,22)/t15-/m0/s1. The van der Waals surface area contributed by atoms with E-state index < -0.39 is 0 Å². The molecule has 25 heavy (non-hydrogen) atoms. The fourth-order valence-corrected chi connectivity index (χ4v) is 4.08. The van der Waals surface area contributed by atoms with Crippen LogP contribution in [0.4, 0.5) is 0 Å². The van der Waals surface area contributed by atoms with E-state index in [2.05, 4.69) is 10.2 Å². The molecule has 1 amide bonds. The number of nitrogens with zero attached hydrogens (tertiary/aromatic N) is 1. The molecule has 1 atom stereocenters. The molecular weight excluding hydrogens is 336 g/mol. The van der Waals surface area contributed by atoms with Crippen molar-refractivity contribution in [1.29, 1.82) is 0 Å². The second-order valence-electron chi connectivity index (χ2n) is 6.04. The van der Waals surface area contributed by atoms with Gasteiger partial charge in [0.2, 0.25) is 0 Å². The van der Waals surface area contributed by atoms with Gasteiger partial charge in [0.15, 0.2) is 5.76 Å². The summed E-state index contributed by atoms with van der Waals surface area (Å²) >= 11 is 1.96. The molecule has 6 heteroatoms. The van der Waals surface area contributed by atoms with E-state index in [1.54, 1.807) is 12.3 Å². The zero-order valence-corrected chi connectivity index (χ0v) is 14.6. The molecule has 0 bridgehead atoms. The minimum atomic E-state index is -0.195. The van der Waals surface area contributed by atoms with Gasteiger partial charge in [0.1, 0.15) is 11.3 Å². The molecule has 3 aromatic rings. The monoisotopic (exact) mass is 356 g/mol. The molecule has 0 saturated carbocycles. The van der Waals surface area contributed by atoms with Crippen molar-refractivity contribution in [1.82, 2.24) is 10.2 Å². The molecule has 0 aliphatic carbocycles. The molecule has 1 fully saturated rings. The molecule has 1 aliphatic rings. The largest absolute Gasteiger partial charge is 0.468 e. The van der Waals surface area contributed by atoms with E-state index in [-0.39, 0.29) is 11.9 Å². The van der Waals surface area contributed by atoms with Gasteiger partial charge in [0.25, 0.3) is 5.91 Å². The zero-order valence-electron chi connectivity index (χ0n) is 13.8. The van der Waals surface area contributed by atoms with Crippen molar-refractivity contribution >= 4 is 28.6 Å². The quantitative estimate of drug-likeness (QED) is 0.758. The lowest BCUT2D eigenvalue weighted by Crippen LogP contribution is -2.41. The van der Waals surface area contributed by atoms with Crippen molar-refractivity contribution in [2.45, 2.75) is 6.04 Å². The topological polar surface area (TPSA) is 58.6 Å². The fraction of sp³-hybridized carbons (Fsp3) is 0.316. The van der Waals surface area contributed by atoms with E-state index in [4.69, 9.17) is 8.83 Å². The number of nitrogens with one attached hydrogen (secondary N) is 1. The van der Waals surface area contributed by atoms with Gasteiger partial charge in [-0.25, -0.2) is 0 Å². The number of thioether (sulfide) groups is 1. The van der Waals surface area contributed by atoms with Gasteiger partial charge >= 0.3 is 0 Å². The van der Waals surface area contributed by atoms with Crippen LogP contribution in [0.3, 0.4) is 0 Å². The van der Waals surface area contributed by atoms with Gasteiger partial charge in [-0.3, -0.25) is 9.69 Å². The molecule has 0 radical (unpaired) electrons. The number of carbonyl (C=O) groups is 1. The number of amides is 1. The average Bonchev–Trinajstić information content (AvgIpc) is 3.32. The zero-order chi connectivity index (χ0) is 17.1. The van der Waals surface area contributed by atoms with Gasteiger partial charge in [0, 0.05) is 36.5 Å². The van der Waals surface area contributed by atoms with Crippen molar-refractivity contribution in [2.24, 2.45) is 0 Å². The lowest BCUT2D eigenvalue weighted by atomic mass is 10.1. The van der Waals surface area contributed by atoms with Crippen molar-refractivity contribution in [3.8, 4) is 0 Å². The van der Waals surface area contributed by atoms with Crippen molar-refractivity contribution in [3.05, 3.63) is 60.2 Å². The first-order valence-corrected chi connectivity index (χ1v) is 9.59. The fourth-order valence-electron chi connectivity index (χ4n) is 3.15. The Morgan fingerprint density at radius 1 is 1.20 bits per heavy atom. The number of furan rings is 2. The minimum absolute atomic E-state index is 0.0456. The summed E-state index contributed by atoms with van der Waals surface area (Å²) in [5.41, 5.74) is 0.725. The highest BCUT2D eigenvalue weighted by atomic mass is 32.2. The highest BCUT2D eigenvalue weighted by Gasteiger charge is 2.25. The Morgan fingerprint density at radius 3 is 2.80 bits per heavy atom. The summed E-state index contributed by atoms with van der Waals surface area (Å²) in [5, 5.41) is 3.94. The Kier molecular flexibility index (Phi) is 4.81. The number of hydrogen-bond donors (Lipinski definition) is 1. The highest BCUT2D eigenvalue weighted by Crippen LogP contribution is 2.24. The van der Waals surface area contributed by atoms with Gasteiger partial charge in [-0.2, -0.15) is 11.8 Å². The number of rotatable bonds is 5. The van der Waals surface area contributed by atoms with Crippen molar-refractivity contribution in [2.75, 3.05) is 31.1 Å². The van der Waals surface area contributed by atoms with E-state index in [9.17, 15) is 4.79 Å². The molecule has 0 unspecified atom stereocenters. The lowest BCUT2D eigenvalue weighted by molar-refractivity contribution is 0.0904. The summed E-state index contributed by atoms with van der Waals surface area (Å²) in [7, 11) is 0. The van der Waals surface area contributed by atoms with Crippen molar-refractivity contribution in [3.63, 3.8) is 0 Å². The average molecular weight is 356 g/mol. The molecule has 1 aromatic carbocycles. The van der Waals surface area contributed by atoms with E-state index in [0.717, 1.165) is 41.3 Å². The molecule has 1 N–H and O–H groups in total. The number of hydrogen-bond acceptors (Lipinski definition) is 5. The van der Waals surface area contributed by atoms with Crippen LogP contribution in [0.25, 0.3) is 11.0 Å². The normalized spacial score (nSPS) is 16.8. The van der Waals surface area contributed by atoms with Crippen LogP contribution in [0.5, 0.6) is 0 Å². The van der Waals surface area contributed by atoms with Crippen LogP contribution in [-0.4, -0.2) is 41.9 Å². The van der Waals surface area contributed by atoms with Crippen LogP contribution in [0.15, 0.2) is 57.6 Å². The highest BCUT2D eigenvalue weighted by molar-refractivity contribution is 7.99. The van der Waals surface area contributed by atoms with Crippen LogP contribution in [0, 0.1) is 0 Å². The predicted octanol–water partition coefficient (Wildman–Crippen LogP) is 3.55. The molecule has 1 saturated heterocycles. The molecule has 1 aliphatic heterocycles. The van der Waals surface area contributed by atoms with Crippen LogP contribution >= 0.6 is 11.8 Å². The number of benzene rings is 1. The first-order valence-electron chi connectivity index (χ1n) is 8.43. The smallest absolute Gasteiger partial charge is 0.287 e. The molecular formula is C19H20N2O3S. The Hall–Kier alpha value is -2.18. The Bertz CT molecular complexity index is 804. The second kappa shape index (κ2) is 7.37. The maximum atomic E-state index is 12.5. The predicted molar refractivity (Wildman–Crippen MR) is 98.9 cm³/mol. The first kappa shape index (κ1) is 16.3. The first-order chi connectivity index (χ1) is 12.3. The maximum absolute atomic E-state index is 12.5. The summed E-state index contributed by atoms with van der Waals surface area (Å²) in [5.74, 6) is 3.24. The molecule has 0 spiro atoms. The Balaban J connectivity index is 1.47. The van der Waals surface area contributed by atoms with Crippen molar-refractivity contribution < 1.29 is 13.6 Å². The van der Waals surface area contributed by atoms with E-state index >= 15 is 0 Å². The molecule has 3 heterocycles. The van der Waals surface area contributed by atoms with Gasteiger partial charge < -0.3 is 14.2 Å². The summed E-state index contributed by atoms with van der Waals surface area (Å²) < 4.78 is 11.3. The van der Waals surface area contributed by atoms with Gasteiger partial charge in [-0.05, 0) is 24.3 Å². The van der Waals surface area contributed by atoms with Crippen LogP contribution < -0.4 is 5.32 Å². The SMILES string of the molecule is O=C(NC[C@@H](c1ccco1)N1CCSCC1)c1cc2ccccc2o1. The second-order valence-corrected chi connectivity index (χ2v) is 7.26. The maximum Gasteiger partial charge on any atom is 0.287 e. The number of fused-ring (bicyclic) bond motifs is 1. The van der Waals surface area contributed by atoms with E-state index in [1.165, 1.54) is 0 Å². The van der Waals surface area contributed by atoms with E-state index in [0.29, 0.717) is 12.3 Å². The van der Waals surface area contributed by atoms with Gasteiger partial charge in [-0.1, -0.05) is 18.2 Å². The number of carbonyl (C=O) groups excluding carboxylic acids is 1. The third-order valence-corrected chi connectivity index (χ3v) is 5.41. The lowest BCUT2D eigenvalue weighted by Gasteiger charge is -2.33. The Morgan fingerprint density at radius 2 is 2.04 bits per heavy atom.